The monoisotopic (exact) mass is 231 g/mol. The van der Waals surface area contributed by atoms with Gasteiger partial charge in [-0.25, -0.2) is 4.79 Å². The molecular weight excluding hydrogens is 218 g/mol. The van der Waals surface area contributed by atoms with Crippen LogP contribution >= 0.6 is 0 Å². The summed E-state index contributed by atoms with van der Waals surface area (Å²) in [6, 6.07) is 4.64. The molecule has 0 aliphatic rings. The highest BCUT2D eigenvalue weighted by molar-refractivity contribution is 5.90. The SMILES string of the molecule is C#CCOC(=O)c1ccc(N)c(OCC=C)c1. The largest absolute Gasteiger partial charge is 0.487 e. The molecule has 0 spiro atoms. The van der Waals surface area contributed by atoms with Gasteiger partial charge in [-0.1, -0.05) is 18.6 Å². The van der Waals surface area contributed by atoms with Crippen LogP contribution in [0.2, 0.25) is 0 Å². The molecule has 4 nitrogen and oxygen atoms in total. The number of nitrogens with two attached hydrogens (primary N) is 1. The molecule has 0 aliphatic heterocycles. The summed E-state index contributed by atoms with van der Waals surface area (Å²) < 4.78 is 10.1. The van der Waals surface area contributed by atoms with Crippen molar-refractivity contribution >= 4 is 11.7 Å². The van der Waals surface area contributed by atoms with Crippen molar-refractivity contribution in [2.24, 2.45) is 0 Å². The van der Waals surface area contributed by atoms with Gasteiger partial charge in [0.1, 0.15) is 12.4 Å². The summed E-state index contributed by atoms with van der Waals surface area (Å²) >= 11 is 0. The molecule has 0 bridgehead atoms. The number of anilines is 1. The first-order valence-corrected chi connectivity index (χ1v) is 4.93. The third kappa shape index (κ3) is 3.58. The van der Waals surface area contributed by atoms with Gasteiger partial charge in [0.25, 0.3) is 0 Å². The van der Waals surface area contributed by atoms with Gasteiger partial charge in [0.15, 0.2) is 6.61 Å². The van der Waals surface area contributed by atoms with Crippen molar-refractivity contribution in [1.29, 1.82) is 0 Å². The Bertz CT molecular complexity index is 460. The van der Waals surface area contributed by atoms with Gasteiger partial charge in [-0.05, 0) is 18.2 Å². The number of nitrogen functional groups attached to an aromatic ring is 1. The maximum Gasteiger partial charge on any atom is 0.339 e. The summed E-state index contributed by atoms with van der Waals surface area (Å²) in [6.07, 6.45) is 6.58. The quantitative estimate of drug-likeness (QED) is 0.362. The van der Waals surface area contributed by atoms with Gasteiger partial charge < -0.3 is 15.2 Å². The van der Waals surface area contributed by atoms with E-state index in [1.165, 1.54) is 6.07 Å². The average molecular weight is 231 g/mol. The van der Waals surface area contributed by atoms with Crippen molar-refractivity contribution in [3.8, 4) is 18.1 Å². The third-order valence-corrected chi connectivity index (χ3v) is 1.89. The lowest BCUT2D eigenvalue weighted by Crippen LogP contribution is -2.06. The van der Waals surface area contributed by atoms with Crippen LogP contribution in [0.15, 0.2) is 30.9 Å². The Kier molecular flexibility index (Phi) is 4.64. The van der Waals surface area contributed by atoms with Crippen molar-refractivity contribution in [3.63, 3.8) is 0 Å². The minimum atomic E-state index is -0.508. The summed E-state index contributed by atoms with van der Waals surface area (Å²) in [5.74, 6) is 2.13. The van der Waals surface area contributed by atoms with E-state index in [1.54, 1.807) is 18.2 Å². The van der Waals surface area contributed by atoms with Gasteiger partial charge in [-0.2, -0.15) is 0 Å². The summed E-state index contributed by atoms with van der Waals surface area (Å²) in [4.78, 5) is 11.5. The minimum Gasteiger partial charge on any atom is -0.487 e. The summed E-state index contributed by atoms with van der Waals surface area (Å²) in [7, 11) is 0. The van der Waals surface area contributed by atoms with Gasteiger partial charge in [0.05, 0.1) is 11.3 Å². The molecule has 2 N–H and O–H groups in total. The van der Waals surface area contributed by atoms with Crippen molar-refractivity contribution in [2.75, 3.05) is 18.9 Å². The molecule has 88 valence electrons. The molecule has 0 fully saturated rings. The van der Waals surface area contributed by atoms with Gasteiger partial charge in [0, 0.05) is 0 Å². The lowest BCUT2D eigenvalue weighted by atomic mass is 10.2. The van der Waals surface area contributed by atoms with Crippen LogP contribution in [0.5, 0.6) is 5.75 Å². The fraction of sp³-hybridized carbons (Fsp3) is 0.154. The van der Waals surface area contributed by atoms with E-state index in [9.17, 15) is 4.79 Å². The molecule has 1 aromatic carbocycles. The number of terminal acetylenes is 1. The lowest BCUT2D eigenvalue weighted by Gasteiger charge is -2.08. The number of benzene rings is 1. The fourth-order valence-corrected chi connectivity index (χ4v) is 1.13. The Morgan fingerprint density at radius 2 is 2.35 bits per heavy atom. The van der Waals surface area contributed by atoms with E-state index in [1.807, 2.05) is 0 Å². The molecule has 0 saturated heterocycles. The molecule has 1 rings (SSSR count). The zero-order valence-corrected chi connectivity index (χ0v) is 9.31. The molecule has 0 atom stereocenters. The number of esters is 1. The number of hydrogen-bond donors (Lipinski definition) is 1. The Labute approximate surface area is 100 Å². The van der Waals surface area contributed by atoms with E-state index < -0.39 is 5.97 Å². The normalized spacial score (nSPS) is 9.12. The number of ether oxygens (including phenoxy) is 2. The Hall–Kier alpha value is -2.41. The lowest BCUT2D eigenvalue weighted by molar-refractivity contribution is 0.0556. The number of rotatable bonds is 5. The molecular formula is C13H13NO3. The maximum atomic E-state index is 11.5. The van der Waals surface area contributed by atoms with E-state index in [2.05, 4.69) is 12.5 Å². The Balaban J connectivity index is 2.84. The zero-order chi connectivity index (χ0) is 12.7. The number of carbonyl (C=O) groups is 1. The average Bonchev–Trinajstić information content (AvgIpc) is 2.35. The molecule has 4 heteroatoms. The van der Waals surface area contributed by atoms with Gasteiger partial charge in [0.2, 0.25) is 0 Å². The molecule has 0 amide bonds. The summed E-state index contributed by atoms with van der Waals surface area (Å²) in [6.45, 7) is 3.77. The fourth-order valence-electron chi connectivity index (χ4n) is 1.13. The predicted octanol–water partition coefficient (Wildman–Crippen LogP) is 1.62. The molecule has 0 aliphatic carbocycles. The Morgan fingerprint density at radius 1 is 1.59 bits per heavy atom. The number of carbonyl (C=O) groups excluding carboxylic acids is 1. The highest BCUT2D eigenvalue weighted by Crippen LogP contribution is 2.23. The molecule has 17 heavy (non-hydrogen) atoms. The first kappa shape index (κ1) is 12.7. The topological polar surface area (TPSA) is 61.5 Å². The van der Waals surface area contributed by atoms with E-state index in [4.69, 9.17) is 21.6 Å². The second-order valence-electron chi connectivity index (χ2n) is 3.13. The van der Waals surface area contributed by atoms with Crippen molar-refractivity contribution < 1.29 is 14.3 Å². The van der Waals surface area contributed by atoms with Crippen molar-refractivity contribution in [1.82, 2.24) is 0 Å². The number of hydrogen-bond acceptors (Lipinski definition) is 4. The van der Waals surface area contributed by atoms with Crippen LogP contribution in [0.3, 0.4) is 0 Å². The Morgan fingerprint density at radius 3 is 3.00 bits per heavy atom. The van der Waals surface area contributed by atoms with Crippen LogP contribution in [0, 0.1) is 12.3 Å². The molecule has 0 heterocycles. The standard InChI is InChI=1S/C13H13NO3/c1-3-7-16-12-9-10(5-6-11(12)14)13(15)17-8-4-2/h2-3,5-6,9H,1,7-8,14H2. The van der Waals surface area contributed by atoms with Gasteiger partial charge in [-0.3, -0.25) is 0 Å². The zero-order valence-electron chi connectivity index (χ0n) is 9.31. The third-order valence-electron chi connectivity index (χ3n) is 1.89. The van der Waals surface area contributed by atoms with E-state index in [-0.39, 0.29) is 6.61 Å². The smallest absolute Gasteiger partial charge is 0.339 e. The second kappa shape index (κ2) is 6.23. The van der Waals surface area contributed by atoms with E-state index in [0.29, 0.717) is 23.6 Å². The van der Waals surface area contributed by atoms with Gasteiger partial charge in [-0.15, -0.1) is 6.42 Å². The van der Waals surface area contributed by atoms with Crippen LogP contribution in [0.1, 0.15) is 10.4 Å². The maximum absolute atomic E-state index is 11.5. The van der Waals surface area contributed by atoms with Crippen LogP contribution in [-0.4, -0.2) is 19.2 Å². The van der Waals surface area contributed by atoms with Crippen LogP contribution in [0.4, 0.5) is 5.69 Å². The molecule has 1 aromatic rings. The van der Waals surface area contributed by atoms with Crippen molar-refractivity contribution in [3.05, 3.63) is 36.4 Å². The highest BCUT2D eigenvalue weighted by atomic mass is 16.5. The van der Waals surface area contributed by atoms with Gasteiger partial charge >= 0.3 is 5.97 Å². The predicted molar refractivity (Wildman–Crippen MR) is 65.7 cm³/mol. The summed E-state index contributed by atoms with van der Waals surface area (Å²) in [5.41, 5.74) is 6.47. The van der Waals surface area contributed by atoms with E-state index >= 15 is 0 Å². The highest BCUT2D eigenvalue weighted by Gasteiger charge is 2.09. The van der Waals surface area contributed by atoms with E-state index in [0.717, 1.165) is 0 Å². The molecule has 0 saturated carbocycles. The van der Waals surface area contributed by atoms with Crippen LogP contribution in [0.25, 0.3) is 0 Å². The molecule has 0 aromatic heterocycles. The van der Waals surface area contributed by atoms with Crippen LogP contribution in [-0.2, 0) is 4.74 Å². The minimum absolute atomic E-state index is 0.0634. The summed E-state index contributed by atoms with van der Waals surface area (Å²) in [5, 5.41) is 0. The molecule has 0 radical (unpaired) electrons. The molecule has 0 unspecified atom stereocenters. The first-order valence-electron chi connectivity index (χ1n) is 4.93. The van der Waals surface area contributed by atoms with Crippen molar-refractivity contribution in [2.45, 2.75) is 0 Å². The van der Waals surface area contributed by atoms with Crippen LogP contribution < -0.4 is 10.5 Å². The second-order valence-corrected chi connectivity index (χ2v) is 3.13. The first-order chi connectivity index (χ1) is 8.19.